The van der Waals surface area contributed by atoms with Crippen LogP contribution in [-0.4, -0.2) is 30.8 Å². The molecule has 1 saturated heterocycles. The zero-order valence-corrected chi connectivity index (χ0v) is 17.1. The van der Waals surface area contributed by atoms with E-state index in [9.17, 15) is 14.4 Å². The number of nitrogens with zero attached hydrogens (tertiary/aromatic N) is 1. The van der Waals surface area contributed by atoms with Crippen LogP contribution in [0.25, 0.3) is 0 Å². The van der Waals surface area contributed by atoms with E-state index in [1.165, 1.54) is 11.8 Å². The average molecular weight is 416 g/mol. The molecule has 3 rings (SSSR count). The summed E-state index contributed by atoms with van der Waals surface area (Å²) in [6.45, 7) is 3.95. The number of para-hydroxylation sites is 1. The molecule has 0 aliphatic carbocycles. The molecule has 1 aliphatic heterocycles. The van der Waals surface area contributed by atoms with Crippen LogP contribution in [0.15, 0.2) is 42.5 Å². The van der Waals surface area contributed by atoms with Crippen molar-refractivity contribution in [3.8, 4) is 5.75 Å². The van der Waals surface area contributed by atoms with Crippen LogP contribution in [0.4, 0.5) is 5.69 Å². The fourth-order valence-electron chi connectivity index (χ4n) is 3.24. The lowest BCUT2D eigenvalue weighted by molar-refractivity contribution is -0.149. The average Bonchev–Trinajstić information content (AvgIpc) is 3.09. The van der Waals surface area contributed by atoms with Crippen LogP contribution in [0.5, 0.6) is 5.75 Å². The Hall–Kier alpha value is -2.86. The van der Waals surface area contributed by atoms with E-state index in [0.717, 1.165) is 0 Å². The molecule has 0 radical (unpaired) electrons. The normalized spacial score (nSPS) is 16.0. The number of halogens is 1. The third kappa shape index (κ3) is 4.77. The molecule has 0 spiro atoms. The molecule has 6 nitrogen and oxygen atoms in total. The maximum Gasteiger partial charge on any atom is 0.311 e. The SMILES string of the molecule is CCOc1ccc(C(C)=O)cc1COC(=O)[C@H]1CC(=O)N(c2ccccc2Cl)C1. The fourth-order valence-corrected chi connectivity index (χ4v) is 3.48. The van der Waals surface area contributed by atoms with Crippen LogP contribution in [0, 0.1) is 5.92 Å². The molecule has 1 fully saturated rings. The number of hydrogen-bond donors (Lipinski definition) is 0. The number of rotatable bonds is 7. The molecule has 0 N–H and O–H groups in total. The second kappa shape index (κ2) is 9.09. The Morgan fingerprint density at radius 1 is 1.21 bits per heavy atom. The first kappa shape index (κ1) is 20.9. The molecule has 152 valence electrons. The topological polar surface area (TPSA) is 72.9 Å². The van der Waals surface area contributed by atoms with Gasteiger partial charge in [0.25, 0.3) is 0 Å². The number of hydrogen-bond acceptors (Lipinski definition) is 5. The summed E-state index contributed by atoms with van der Waals surface area (Å²) >= 11 is 6.17. The summed E-state index contributed by atoms with van der Waals surface area (Å²) in [5.41, 5.74) is 1.71. The Morgan fingerprint density at radius 2 is 1.97 bits per heavy atom. The molecule has 29 heavy (non-hydrogen) atoms. The molecule has 1 heterocycles. The van der Waals surface area contributed by atoms with E-state index >= 15 is 0 Å². The fraction of sp³-hybridized carbons (Fsp3) is 0.318. The van der Waals surface area contributed by atoms with E-state index in [2.05, 4.69) is 0 Å². The van der Waals surface area contributed by atoms with Gasteiger partial charge in [0.2, 0.25) is 5.91 Å². The van der Waals surface area contributed by atoms with Crippen LogP contribution in [0.1, 0.15) is 36.2 Å². The van der Waals surface area contributed by atoms with Gasteiger partial charge in [0, 0.05) is 24.1 Å². The minimum atomic E-state index is -0.578. The van der Waals surface area contributed by atoms with E-state index < -0.39 is 11.9 Å². The van der Waals surface area contributed by atoms with Gasteiger partial charge in [-0.2, -0.15) is 0 Å². The molecule has 0 bridgehead atoms. The third-order valence-electron chi connectivity index (χ3n) is 4.74. The van der Waals surface area contributed by atoms with E-state index in [1.54, 1.807) is 42.5 Å². The number of esters is 1. The van der Waals surface area contributed by atoms with Crippen LogP contribution >= 0.6 is 11.6 Å². The van der Waals surface area contributed by atoms with Crippen LogP contribution < -0.4 is 9.64 Å². The molecule has 2 aromatic rings. The highest BCUT2D eigenvalue weighted by Gasteiger charge is 2.37. The van der Waals surface area contributed by atoms with Gasteiger partial charge >= 0.3 is 5.97 Å². The number of ketones is 1. The van der Waals surface area contributed by atoms with Gasteiger partial charge in [-0.25, -0.2) is 0 Å². The lowest BCUT2D eigenvalue weighted by Gasteiger charge is -2.18. The molecular formula is C22H22ClNO5. The Morgan fingerprint density at radius 3 is 2.66 bits per heavy atom. The molecule has 1 aliphatic rings. The van der Waals surface area contributed by atoms with Crippen molar-refractivity contribution in [1.82, 2.24) is 0 Å². The second-order valence-electron chi connectivity index (χ2n) is 6.78. The molecule has 1 atom stereocenters. The Balaban J connectivity index is 1.69. The van der Waals surface area contributed by atoms with E-state index in [0.29, 0.717) is 34.2 Å². The molecule has 0 saturated carbocycles. The van der Waals surface area contributed by atoms with Gasteiger partial charge in [-0.3, -0.25) is 14.4 Å². The van der Waals surface area contributed by atoms with Crippen molar-refractivity contribution < 1.29 is 23.9 Å². The van der Waals surface area contributed by atoms with Crippen molar-refractivity contribution >= 4 is 34.9 Å². The summed E-state index contributed by atoms with van der Waals surface area (Å²) in [5.74, 6) is -0.745. The lowest BCUT2D eigenvalue weighted by Crippen LogP contribution is -2.26. The zero-order chi connectivity index (χ0) is 21.0. The zero-order valence-electron chi connectivity index (χ0n) is 16.3. The van der Waals surface area contributed by atoms with Crippen molar-refractivity contribution in [2.45, 2.75) is 26.9 Å². The van der Waals surface area contributed by atoms with Crippen molar-refractivity contribution in [2.75, 3.05) is 18.1 Å². The van der Waals surface area contributed by atoms with Gasteiger partial charge in [-0.15, -0.1) is 0 Å². The quantitative estimate of drug-likeness (QED) is 0.504. The number of anilines is 1. The van der Waals surface area contributed by atoms with E-state index in [1.807, 2.05) is 6.92 Å². The molecular weight excluding hydrogens is 394 g/mol. The van der Waals surface area contributed by atoms with Gasteiger partial charge in [0.1, 0.15) is 12.4 Å². The number of benzene rings is 2. The Labute approximate surface area is 174 Å². The molecule has 7 heteroatoms. The molecule has 0 aromatic heterocycles. The summed E-state index contributed by atoms with van der Waals surface area (Å²) in [6.07, 6.45) is 0.0653. The van der Waals surface area contributed by atoms with E-state index in [-0.39, 0.29) is 31.3 Å². The number of carbonyl (C=O) groups excluding carboxylic acids is 3. The second-order valence-corrected chi connectivity index (χ2v) is 7.18. The van der Waals surface area contributed by atoms with Crippen molar-refractivity contribution in [1.29, 1.82) is 0 Å². The highest BCUT2D eigenvalue weighted by atomic mass is 35.5. The summed E-state index contributed by atoms with van der Waals surface area (Å²) in [7, 11) is 0. The van der Waals surface area contributed by atoms with Gasteiger partial charge in [0.05, 0.1) is 23.2 Å². The van der Waals surface area contributed by atoms with Crippen molar-refractivity contribution in [2.24, 2.45) is 5.92 Å². The van der Waals surface area contributed by atoms with Crippen LogP contribution in [0.2, 0.25) is 5.02 Å². The largest absolute Gasteiger partial charge is 0.493 e. The summed E-state index contributed by atoms with van der Waals surface area (Å²) in [6, 6.07) is 12.1. The third-order valence-corrected chi connectivity index (χ3v) is 5.06. The van der Waals surface area contributed by atoms with Crippen molar-refractivity contribution in [3.05, 3.63) is 58.6 Å². The smallest absolute Gasteiger partial charge is 0.311 e. The number of amides is 1. The standard InChI is InChI=1S/C22H22ClNO5/c1-3-28-20-9-8-15(14(2)25)10-17(20)13-29-22(27)16-11-21(26)24(12-16)19-7-5-4-6-18(19)23/h4-10,16H,3,11-13H2,1-2H3/t16-/m0/s1. The summed E-state index contributed by atoms with van der Waals surface area (Å²) in [5, 5.41) is 0.456. The first-order chi connectivity index (χ1) is 13.9. The predicted molar refractivity (Wildman–Crippen MR) is 109 cm³/mol. The maximum atomic E-state index is 12.6. The molecule has 0 unspecified atom stereocenters. The molecule has 2 aromatic carbocycles. The Bertz CT molecular complexity index is 943. The number of carbonyl (C=O) groups is 3. The van der Waals surface area contributed by atoms with Gasteiger partial charge in [-0.05, 0) is 44.2 Å². The van der Waals surface area contributed by atoms with Gasteiger partial charge in [-0.1, -0.05) is 23.7 Å². The summed E-state index contributed by atoms with van der Waals surface area (Å²) in [4.78, 5) is 38.1. The highest BCUT2D eigenvalue weighted by Crippen LogP contribution is 2.31. The number of ether oxygens (including phenoxy) is 2. The first-order valence-electron chi connectivity index (χ1n) is 9.39. The molecule has 1 amide bonds. The predicted octanol–water partition coefficient (Wildman–Crippen LogP) is 4.04. The van der Waals surface area contributed by atoms with Crippen LogP contribution in [-0.2, 0) is 20.9 Å². The summed E-state index contributed by atoms with van der Waals surface area (Å²) < 4.78 is 11.0. The van der Waals surface area contributed by atoms with Gasteiger partial charge < -0.3 is 14.4 Å². The van der Waals surface area contributed by atoms with Crippen molar-refractivity contribution in [3.63, 3.8) is 0 Å². The van der Waals surface area contributed by atoms with E-state index in [4.69, 9.17) is 21.1 Å². The van der Waals surface area contributed by atoms with Gasteiger partial charge in [0.15, 0.2) is 5.78 Å². The lowest BCUT2D eigenvalue weighted by atomic mass is 10.1. The monoisotopic (exact) mass is 415 g/mol. The van der Waals surface area contributed by atoms with Crippen LogP contribution in [0.3, 0.4) is 0 Å². The minimum Gasteiger partial charge on any atom is -0.493 e. The Kier molecular flexibility index (Phi) is 6.54. The highest BCUT2D eigenvalue weighted by molar-refractivity contribution is 6.33. The number of Topliss-reactive ketones (excluding diaryl/α,β-unsaturated/α-hetero) is 1. The first-order valence-corrected chi connectivity index (χ1v) is 9.76. The maximum absolute atomic E-state index is 12.6. The minimum absolute atomic E-state index is 0.0356.